The number of aromatic nitrogens is 3. The van der Waals surface area contributed by atoms with E-state index in [-0.39, 0.29) is 12.7 Å². The van der Waals surface area contributed by atoms with E-state index in [0.29, 0.717) is 5.71 Å². The Bertz CT molecular complexity index is 1420. The number of imidazole rings is 1. The Hall–Kier alpha value is -3.28. The first kappa shape index (κ1) is 13.8. The molecule has 1 aliphatic heterocycles. The van der Waals surface area contributed by atoms with Crippen molar-refractivity contribution in [3.05, 3.63) is 70.8 Å². The first-order valence-electron chi connectivity index (χ1n) is 10.7. The van der Waals surface area contributed by atoms with Gasteiger partial charge in [-0.1, -0.05) is 24.2 Å². The van der Waals surface area contributed by atoms with E-state index in [0.717, 1.165) is 33.0 Å². The monoisotopic (exact) mass is 372 g/mol. The Labute approximate surface area is 168 Å². The van der Waals surface area contributed by atoms with Crippen molar-refractivity contribution in [3.63, 3.8) is 0 Å². The van der Waals surface area contributed by atoms with Crippen molar-refractivity contribution in [1.82, 2.24) is 14.4 Å². The number of rotatable bonds is 2. The zero-order valence-corrected chi connectivity index (χ0v) is 16.0. The highest BCUT2D eigenvalue weighted by atomic mass is 16.3. The number of fused-ring (bicyclic) bond motifs is 3. The number of hydrogen-bond donors (Lipinski definition) is 0. The van der Waals surface area contributed by atoms with Crippen LogP contribution >= 0.6 is 0 Å². The molecule has 1 aliphatic rings. The maximum Gasteiger partial charge on any atom is 0.368 e. The van der Waals surface area contributed by atoms with Gasteiger partial charge in [0.2, 0.25) is 5.71 Å². The quantitative estimate of drug-likeness (QED) is 0.389. The van der Waals surface area contributed by atoms with Gasteiger partial charge in [-0.15, -0.1) is 0 Å². The number of pyridine rings is 1. The summed E-state index contributed by atoms with van der Waals surface area (Å²) in [5, 5.41) is 1.93. The van der Waals surface area contributed by atoms with Crippen molar-refractivity contribution in [2.75, 3.05) is 7.05 Å². The Kier molecular flexibility index (Phi) is 3.02. The van der Waals surface area contributed by atoms with Gasteiger partial charge in [0.1, 0.15) is 17.5 Å². The van der Waals surface area contributed by atoms with E-state index in [1.807, 2.05) is 80.7 Å². The fraction of sp³-hybridized carbons (Fsp3) is 0.182. The molecule has 3 aromatic heterocycles. The molecule has 0 aliphatic carbocycles. The minimum Gasteiger partial charge on any atom is -0.436 e. The molecule has 0 atom stereocenters. The highest BCUT2D eigenvalue weighted by molar-refractivity contribution is 6.83. The van der Waals surface area contributed by atoms with Crippen LogP contribution in [0, 0.1) is 13.8 Å². The highest BCUT2D eigenvalue weighted by Crippen LogP contribution is 2.10. The maximum absolute atomic E-state index is 8.14. The molecule has 0 fully saturated rings. The number of hydrogen-bond acceptors (Lipinski definition) is 3. The van der Waals surface area contributed by atoms with Gasteiger partial charge in [-0.2, -0.15) is 0 Å². The lowest BCUT2D eigenvalue weighted by atomic mass is 9.56. The Morgan fingerprint density at radius 3 is 2.75 bits per heavy atom. The second-order valence-electron chi connectivity index (χ2n) is 7.23. The average Bonchev–Trinajstić information content (AvgIpc) is 3.24. The van der Waals surface area contributed by atoms with Crippen LogP contribution in [-0.4, -0.2) is 28.3 Å². The molecule has 1 aromatic carbocycles. The molecule has 6 heteroatoms. The minimum absolute atomic E-state index is 0.161. The molecule has 28 heavy (non-hydrogen) atoms. The fourth-order valence-electron chi connectivity index (χ4n) is 3.83. The van der Waals surface area contributed by atoms with Crippen LogP contribution in [0.3, 0.4) is 0 Å². The van der Waals surface area contributed by atoms with Gasteiger partial charge < -0.3 is 9.23 Å². The molecule has 0 N–H and O–H groups in total. The minimum atomic E-state index is -2.27. The molecule has 0 radical (unpaired) electrons. The van der Waals surface area contributed by atoms with E-state index in [9.17, 15) is 0 Å². The zero-order chi connectivity index (χ0) is 21.9. The van der Waals surface area contributed by atoms with E-state index in [2.05, 4.69) is 11.0 Å². The largest absolute Gasteiger partial charge is 0.436 e. The topological polar surface area (TPSA) is 38.1 Å². The van der Waals surface area contributed by atoms with Crippen LogP contribution in [0.1, 0.15) is 15.6 Å². The number of furan rings is 1. The molecule has 138 valence electrons. The van der Waals surface area contributed by atoms with Crippen molar-refractivity contribution in [2.45, 2.75) is 13.8 Å². The van der Waals surface area contributed by atoms with Gasteiger partial charge in [0.15, 0.2) is 5.42 Å². The van der Waals surface area contributed by atoms with Gasteiger partial charge in [0.05, 0.1) is 7.05 Å². The Morgan fingerprint density at radius 1 is 1.14 bits per heavy atom. The number of nitrogens with zero attached hydrogens (tertiary/aromatic N) is 4. The van der Waals surface area contributed by atoms with E-state index >= 15 is 0 Å². The predicted octanol–water partition coefficient (Wildman–Crippen LogP) is 0.962. The molecular formula is C22H22BN4O+. The molecule has 0 amide bonds. The summed E-state index contributed by atoms with van der Waals surface area (Å²) < 4.78 is 33.9. The van der Waals surface area contributed by atoms with Crippen LogP contribution in [0.25, 0.3) is 29.0 Å². The third-order valence-electron chi connectivity index (χ3n) is 5.38. The summed E-state index contributed by atoms with van der Waals surface area (Å²) in [5.41, 5.74) is 3.95. The second kappa shape index (κ2) is 6.13. The SMILES string of the molecule is [2H]C([2H])([2H])c1n(C)c(B2C=c3c(oc4nc(C)ccc34)=CN2C)c[n+]1-c1ccccc1. The zero-order valence-electron chi connectivity index (χ0n) is 19.0. The van der Waals surface area contributed by atoms with E-state index in [4.69, 9.17) is 8.53 Å². The summed E-state index contributed by atoms with van der Waals surface area (Å²) in [6.07, 6.45) is 3.87. The molecule has 4 aromatic rings. The van der Waals surface area contributed by atoms with Crippen LogP contribution in [0.2, 0.25) is 0 Å². The lowest BCUT2D eigenvalue weighted by Crippen LogP contribution is -2.50. The Morgan fingerprint density at radius 2 is 1.96 bits per heavy atom. The molecule has 0 saturated heterocycles. The number of para-hydroxylation sites is 1. The molecular weight excluding hydrogens is 347 g/mol. The fourth-order valence-corrected chi connectivity index (χ4v) is 3.83. The number of aryl methyl sites for hydroxylation is 1. The normalized spacial score (nSPS) is 15.5. The van der Waals surface area contributed by atoms with Crippen molar-refractivity contribution in [1.29, 1.82) is 0 Å². The van der Waals surface area contributed by atoms with Gasteiger partial charge >= 0.3 is 6.85 Å². The smallest absolute Gasteiger partial charge is 0.368 e. The molecule has 5 rings (SSSR count). The van der Waals surface area contributed by atoms with Crippen LogP contribution < -0.4 is 20.8 Å². The summed E-state index contributed by atoms with van der Waals surface area (Å²) in [6, 6.07) is 13.5. The van der Waals surface area contributed by atoms with Gasteiger partial charge in [-0.3, -0.25) is 0 Å². The van der Waals surface area contributed by atoms with Crippen molar-refractivity contribution in [3.8, 4) is 5.69 Å². The third-order valence-corrected chi connectivity index (χ3v) is 5.38. The molecule has 0 saturated carbocycles. The first-order valence-corrected chi connectivity index (χ1v) is 9.23. The van der Waals surface area contributed by atoms with Crippen molar-refractivity contribution >= 4 is 35.7 Å². The van der Waals surface area contributed by atoms with E-state index < -0.39 is 6.85 Å². The summed E-state index contributed by atoms with van der Waals surface area (Å²) in [5.74, 6) is 2.38. The van der Waals surface area contributed by atoms with Crippen molar-refractivity contribution in [2.24, 2.45) is 7.05 Å². The standard InChI is InChI=1S/C22H22BN4O/c1-15-10-11-18-19-12-23(25(3)13-20(19)28-22(18)24-15)21-14-27(16(2)26(21)4)17-8-6-5-7-9-17/h5-14H,1-4H3/q+1/i2D3. The lowest BCUT2D eigenvalue weighted by Gasteiger charge is -2.20. The van der Waals surface area contributed by atoms with Gasteiger partial charge in [-0.25, -0.2) is 14.1 Å². The first-order chi connectivity index (χ1) is 14.7. The predicted molar refractivity (Wildman–Crippen MR) is 112 cm³/mol. The molecule has 0 spiro atoms. The van der Waals surface area contributed by atoms with E-state index in [1.165, 1.54) is 0 Å². The number of benzene rings is 1. The van der Waals surface area contributed by atoms with E-state index in [1.54, 1.807) is 9.13 Å². The van der Waals surface area contributed by atoms with Gasteiger partial charge in [0.25, 0.3) is 5.82 Å². The van der Waals surface area contributed by atoms with Crippen LogP contribution in [0.15, 0.2) is 53.1 Å². The van der Waals surface area contributed by atoms with Crippen LogP contribution in [-0.2, 0) is 7.05 Å². The molecule has 4 heterocycles. The summed E-state index contributed by atoms with van der Waals surface area (Å²) in [4.78, 5) is 6.54. The summed E-state index contributed by atoms with van der Waals surface area (Å²) >= 11 is 0. The average molecular weight is 372 g/mol. The Balaban J connectivity index is 1.73. The highest BCUT2D eigenvalue weighted by Gasteiger charge is 2.32. The van der Waals surface area contributed by atoms with Crippen molar-refractivity contribution < 1.29 is 13.1 Å². The second-order valence-corrected chi connectivity index (χ2v) is 7.23. The maximum atomic E-state index is 8.14. The van der Waals surface area contributed by atoms with Crippen LogP contribution in [0.4, 0.5) is 0 Å². The van der Waals surface area contributed by atoms with Gasteiger partial charge in [-0.05, 0) is 38.2 Å². The van der Waals surface area contributed by atoms with Gasteiger partial charge in [0, 0.05) is 33.5 Å². The summed E-state index contributed by atoms with van der Waals surface area (Å²) in [6.45, 7) is -0.494. The lowest BCUT2D eigenvalue weighted by molar-refractivity contribution is -0.601. The molecule has 5 nitrogen and oxygen atoms in total. The van der Waals surface area contributed by atoms with Crippen LogP contribution in [0.5, 0.6) is 0 Å². The molecule has 0 bridgehead atoms. The third kappa shape index (κ3) is 2.48. The summed E-state index contributed by atoms with van der Waals surface area (Å²) in [7, 11) is 3.77. The molecule has 0 unspecified atom stereocenters.